The van der Waals surface area contributed by atoms with Crippen LogP contribution in [0.25, 0.3) is 27.7 Å². The van der Waals surface area contributed by atoms with E-state index in [4.69, 9.17) is 9.47 Å². The molecule has 1 aromatic heterocycles. The third kappa shape index (κ3) is 4.76. The van der Waals surface area contributed by atoms with Gasteiger partial charge in [0.25, 0.3) is 0 Å². The zero-order chi connectivity index (χ0) is 22.0. The van der Waals surface area contributed by atoms with E-state index in [2.05, 4.69) is 41.4 Å². The highest BCUT2D eigenvalue weighted by Gasteiger charge is 2.23. The highest BCUT2D eigenvalue weighted by atomic mass is 16.6. The van der Waals surface area contributed by atoms with Crippen molar-refractivity contribution in [3.63, 3.8) is 0 Å². The second-order valence-electron chi connectivity index (χ2n) is 8.92. The molecule has 0 aliphatic carbocycles. The third-order valence-corrected chi connectivity index (χ3v) is 5.48. The van der Waals surface area contributed by atoms with Gasteiger partial charge in [-0.1, -0.05) is 24.3 Å². The number of methoxy groups -OCH3 is 1. The van der Waals surface area contributed by atoms with Crippen molar-refractivity contribution in [1.82, 2.24) is 9.88 Å². The maximum Gasteiger partial charge on any atom is 0.410 e. The Labute approximate surface area is 183 Å². The number of aromatic amines is 1. The predicted octanol–water partition coefficient (Wildman–Crippen LogP) is 6.26. The number of hydrogen-bond donors (Lipinski definition) is 1. The summed E-state index contributed by atoms with van der Waals surface area (Å²) in [4.78, 5) is 17.8. The molecule has 0 atom stereocenters. The lowest BCUT2D eigenvalue weighted by atomic mass is 10.0. The summed E-state index contributed by atoms with van der Waals surface area (Å²) in [6.45, 7) is 7.05. The lowest BCUT2D eigenvalue weighted by molar-refractivity contribution is 0.0260. The number of aromatic nitrogens is 1. The number of benzene rings is 2. The van der Waals surface area contributed by atoms with Gasteiger partial charge < -0.3 is 19.4 Å². The Morgan fingerprint density at radius 1 is 1.06 bits per heavy atom. The Morgan fingerprint density at radius 2 is 1.87 bits per heavy atom. The first-order valence-corrected chi connectivity index (χ1v) is 10.8. The molecule has 1 aliphatic rings. The number of H-pyrrole nitrogens is 1. The monoisotopic (exact) mass is 418 g/mol. The molecule has 1 aliphatic heterocycles. The summed E-state index contributed by atoms with van der Waals surface area (Å²) >= 11 is 0. The van der Waals surface area contributed by atoms with Gasteiger partial charge in [0, 0.05) is 29.6 Å². The maximum atomic E-state index is 12.4. The van der Waals surface area contributed by atoms with Crippen LogP contribution in [0.4, 0.5) is 4.79 Å². The van der Waals surface area contributed by atoms with Crippen LogP contribution in [-0.2, 0) is 4.74 Å². The molecule has 3 aromatic rings. The van der Waals surface area contributed by atoms with E-state index in [1.165, 1.54) is 11.1 Å². The lowest BCUT2D eigenvalue weighted by Gasteiger charge is -2.26. The summed E-state index contributed by atoms with van der Waals surface area (Å²) in [5.41, 5.74) is 5.17. The van der Waals surface area contributed by atoms with Crippen molar-refractivity contribution in [3.05, 3.63) is 60.2 Å². The van der Waals surface area contributed by atoms with Gasteiger partial charge in [0.1, 0.15) is 11.4 Å². The number of rotatable bonds is 3. The van der Waals surface area contributed by atoms with E-state index in [-0.39, 0.29) is 6.09 Å². The van der Waals surface area contributed by atoms with Gasteiger partial charge in [0.2, 0.25) is 0 Å². The summed E-state index contributed by atoms with van der Waals surface area (Å²) in [6, 6.07) is 16.7. The van der Waals surface area contributed by atoms with E-state index in [0.717, 1.165) is 40.8 Å². The molecular weight excluding hydrogens is 388 g/mol. The van der Waals surface area contributed by atoms with Crippen LogP contribution in [0.5, 0.6) is 5.75 Å². The van der Waals surface area contributed by atoms with Gasteiger partial charge >= 0.3 is 6.09 Å². The molecule has 0 spiro atoms. The third-order valence-electron chi connectivity index (χ3n) is 5.48. The van der Waals surface area contributed by atoms with Crippen LogP contribution in [0.2, 0.25) is 0 Å². The Morgan fingerprint density at radius 3 is 2.65 bits per heavy atom. The minimum atomic E-state index is -0.474. The number of ether oxygens (including phenoxy) is 2. The molecule has 2 aromatic carbocycles. The second-order valence-corrected chi connectivity index (χ2v) is 8.92. The van der Waals surface area contributed by atoms with Gasteiger partial charge in [-0.15, -0.1) is 0 Å². The van der Waals surface area contributed by atoms with Gasteiger partial charge in [0.05, 0.1) is 12.8 Å². The predicted molar refractivity (Wildman–Crippen MR) is 125 cm³/mol. The summed E-state index contributed by atoms with van der Waals surface area (Å²) in [6.07, 6.45) is 3.66. The van der Waals surface area contributed by atoms with E-state index >= 15 is 0 Å². The Balaban J connectivity index is 1.54. The van der Waals surface area contributed by atoms with Crippen molar-refractivity contribution in [2.45, 2.75) is 39.2 Å². The zero-order valence-corrected chi connectivity index (χ0v) is 18.7. The van der Waals surface area contributed by atoms with Crippen LogP contribution in [0.1, 0.15) is 39.2 Å². The van der Waals surface area contributed by atoms with Crippen molar-refractivity contribution in [3.8, 4) is 17.0 Å². The molecular formula is C26H30N2O3. The molecule has 4 rings (SSSR count). The number of carbonyl (C=O) groups excluding carboxylic acids is 1. The van der Waals surface area contributed by atoms with Gasteiger partial charge in [-0.25, -0.2) is 4.79 Å². The van der Waals surface area contributed by atoms with Crippen LogP contribution in [0.3, 0.4) is 0 Å². The molecule has 162 valence electrons. The zero-order valence-electron chi connectivity index (χ0n) is 18.7. The molecule has 1 amide bonds. The van der Waals surface area contributed by atoms with Gasteiger partial charge in [-0.05, 0) is 75.1 Å². The first-order valence-electron chi connectivity index (χ1n) is 10.8. The maximum absolute atomic E-state index is 12.4. The quantitative estimate of drug-likeness (QED) is 0.546. The fourth-order valence-electron chi connectivity index (χ4n) is 3.98. The minimum absolute atomic E-state index is 0.232. The highest BCUT2D eigenvalue weighted by molar-refractivity contribution is 5.89. The van der Waals surface area contributed by atoms with Gasteiger partial charge in [-0.3, -0.25) is 0 Å². The van der Waals surface area contributed by atoms with Crippen molar-refractivity contribution in [1.29, 1.82) is 0 Å². The van der Waals surface area contributed by atoms with Crippen molar-refractivity contribution < 1.29 is 14.3 Å². The van der Waals surface area contributed by atoms with Crippen LogP contribution in [0.15, 0.2) is 54.6 Å². The Kier molecular flexibility index (Phi) is 5.77. The SMILES string of the molecule is COc1ccccc1-c1cc2cc(C3=CCCN(C(=O)OC(C)(C)C)CC3)ccc2[nH]1. The lowest BCUT2D eigenvalue weighted by Crippen LogP contribution is -2.37. The van der Waals surface area contributed by atoms with Crippen molar-refractivity contribution >= 4 is 22.6 Å². The molecule has 2 heterocycles. The number of nitrogens with zero attached hydrogens (tertiary/aromatic N) is 1. The molecule has 0 fully saturated rings. The number of amides is 1. The van der Waals surface area contributed by atoms with Crippen molar-refractivity contribution in [2.24, 2.45) is 0 Å². The number of carbonyl (C=O) groups is 1. The average molecular weight is 419 g/mol. The molecule has 0 bridgehead atoms. The standard InChI is InChI=1S/C26H30N2O3/c1-26(2,3)31-25(29)28-14-7-8-18(13-15-28)19-11-12-22-20(16-19)17-23(27-22)21-9-5-6-10-24(21)30-4/h5-6,8-12,16-17,27H,7,13-15H2,1-4H3. The molecule has 31 heavy (non-hydrogen) atoms. The number of fused-ring (bicyclic) bond motifs is 1. The molecule has 0 saturated carbocycles. The molecule has 0 unspecified atom stereocenters. The van der Waals surface area contributed by atoms with E-state index in [1.807, 2.05) is 43.9 Å². The number of para-hydroxylation sites is 1. The summed E-state index contributed by atoms with van der Waals surface area (Å²) in [5, 5.41) is 1.16. The van der Waals surface area contributed by atoms with Crippen LogP contribution in [0, 0.1) is 0 Å². The number of nitrogens with one attached hydrogen (secondary N) is 1. The Bertz CT molecular complexity index is 1120. The van der Waals surface area contributed by atoms with E-state index in [1.54, 1.807) is 7.11 Å². The molecule has 5 nitrogen and oxygen atoms in total. The first kappa shape index (κ1) is 21.0. The normalized spacial score (nSPS) is 14.8. The van der Waals surface area contributed by atoms with Crippen molar-refractivity contribution in [2.75, 3.05) is 20.2 Å². The molecule has 0 saturated heterocycles. The van der Waals surface area contributed by atoms with Crippen LogP contribution >= 0.6 is 0 Å². The van der Waals surface area contributed by atoms with E-state index in [0.29, 0.717) is 13.1 Å². The minimum Gasteiger partial charge on any atom is -0.496 e. The van der Waals surface area contributed by atoms with Crippen LogP contribution in [-0.4, -0.2) is 41.8 Å². The summed E-state index contributed by atoms with van der Waals surface area (Å²) in [7, 11) is 1.69. The molecule has 1 N–H and O–H groups in total. The number of hydrogen-bond acceptors (Lipinski definition) is 3. The fraction of sp³-hybridized carbons (Fsp3) is 0.346. The summed E-state index contributed by atoms with van der Waals surface area (Å²) in [5.74, 6) is 0.850. The first-order chi connectivity index (χ1) is 14.8. The van der Waals surface area contributed by atoms with E-state index in [9.17, 15) is 4.79 Å². The highest BCUT2D eigenvalue weighted by Crippen LogP contribution is 2.33. The second kappa shape index (κ2) is 8.50. The topological polar surface area (TPSA) is 54.6 Å². The van der Waals surface area contributed by atoms with E-state index < -0.39 is 5.60 Å². The van der Waals surface area contributed by atoms with Crippen LogP contribution < -0.4 is 4.74 Å². The summed E-state index contributed by atoms with van der Waals surface area (Å²) < 4.78 is 11.1. The molecule has 0 radical (unpaired) electrons. The smallest absolute Gasteiger partial charge is 0.410 e. The van der Waals surface area contributed by atoms with Gasteiger partial charge in [-0.2, -0.15) is 0 Å². The Hall–Kier alpha value is -3.21. The average Bonchev–Trinajstić information content (AvgIpc) is 3.00. The van der Waals surface area contributed by atoms with Gasteiger partial charge in [0.15, 0.2) is 0 Å². The molecule has 5 heteroatoms. The largest absolute Gasteiger partial charge is 0.496 e. The fourth-order valence-corrected chi connectivity index (χ4v) is 3.98.